The average molecular weight is 625 g/mol. The van der Waals surface area contributed by atoms with Crippen LogP contribution in [0.3, 0.4) is 0 Å². The molecule has 0 aromatic carbocycles. The molecule has 0 rings (SSSR count). The standard InChI is InChI=1S/C30H60N10O4/c1-2-3-4-5-6-7-8-9-10-11-12-18-25(41)36-20-15-19-26(42)39-24(17-14-22-38-30(34)35)28(44)40-23(27(31)43)16-13-21-37-29(32)33/h23-24H,2-22H2,1H3,(H2,31,43)(H,36,41)(H,39,42)(H,40,44)(H4,32,33,37)(H4,34,35,38)/t23-,24-/m0/s1. The van der Waals surface area contributed by atoms with Crippen LogP contribution in [0.5, 0.6) is 0 Å². The third kappa shape index (κ3) is 25.0. The Balaban J connectivity index is 4.46. The summed E-state index contributed by atoms with van der Waals surface area (Å²) in [4.78, 5) is 57.4. The average Bonchev–Trinajstić information content (AvgIpc) is 2.96. The van der Waals surface area contributed by atoms with Crippen molar-refractivity contribution in [1.29, 1.82) is 0 Å². The molecule has 0 radical (unpaired) electrons. The van der Waals surface area contributed by atoms with Crippen molar-refractivity contribution in [2.75, 3.05) is 19.6 Å². The van der Waals surface area contributed by atoms with E-state index in [1.807, 2.05) is 0 Å². The Morgan fingerprint density at radius 2 is 1.05 bits per heavy atom. The minimum absolute atomic E-state index is 0.0179. The molecule has 13 N–H and O–H groups in total. The molecule has 0 aliphatic rings. The van der Waals surface area contributed by atoms with Gasteiger partial charge >= 0.3 is 0 Å². The Morgan fingerprint density at radius 1 is 0.568 bits per heavy atom. The molecule has 0 aromatic rings. The quantitative estimate of drug-likeness (QED) is 0.0355. The highest BCUT2D eigenvalue weighted by atomic mass is 16.2. The molecule has 0 bridgehead atoms. The van der Waals surface area contributed by atoms with Crippen LogP contribution in [-0.4, -0.2) is 67.3 Å². The topological polar surface area (TPSA) is 259 Å². The number of guanidine groups is 2. The number of nitrogens with two attached hydrogens (primary N) is 5. The van der Waals surface area contributed by atoms with E-state index in [2.05, 4.69) is 32.9 Å². The molecule has 44 heavy (non-hydrogen) atoms. The fraction of sp³-hybridized carbons (Fsp3) is 0.800. The van der Waals surface area contributed by atoms with Gasteiger partial charge in [0.15, 0.2) is 11.9 Å². The van der Waals surface area contributed by atoms with Crippen LogP contribution in [-0.2, 0) is 19.2 Å². The third-order valence-electron chi connectivity index (χ3n) is 7.11. The number of nitrogens with zero attached hydrogens (tertiary/aromatic N) is 2. The maximum atomic E-state index is 13.0. The van der Waals surface area contributed by atoms with E-state index in [4.69, 9.17) is 28.7 Å². The van der Waals surface area contributed by atoms with E-state index >= 15 is 0 Å². The summed E-state index contributed by atoms with van der Waals surface area (Å²) in [5.74, 6) is -1.77. The molecule has 0 aromatic heterocycles. The van der Waals surface area contributed by atoms with Crippen molar-refractivity contribution >= 4 is 35.5 Å². The van der Waals surface area contributed by atoms with Crippen molar-refractivity contribution < 1.29 is 19.2 Å². The number of hydrogen-bond acceptors (Lipinski definition) is 6. The van der Waals surface area contributed by atoms with Crippen LogP contribution >= 0.6 is 0 Å². The number of carbonyl (C=O) groups is 4. The van der Waals surface area contributed by atoms with Gasteiger partial charge in [-0.2, -0.15) is 0 Å². The fourth-order valence-corrected chi connectivity index (χ4v) is 4.62. The third-order valence-corrected chi connectivity index (χ3v) is 7.11. The summed E-state index contributed by atoms with van der Waals surface area (Å²) in [6.07, 6.45) is 15.8. The molecule has 0 saturated heterocycles. The normalized spacial score (nSPS) is 12.0. The molecule has 4 amide bonds. The van der Waals surface area contributed by atoms with Crippen LogP contribution < -0.4 is 44.6 Å². The summed E-state index contributed by atoms with van der Waals surface area (Å²) in [6.45, 7) is 3.14. The molecule has 0 saturated carbocycles. The lowest BCUT2D eigenvalue weighted by atomic mass is 10.1. The number of carbonyl (C=O) groups excluding carboxylic acids is 4. The molecule has 0 heterocycles. The molecule has 14 nitrogen and oxygen atoms in total. The first-order valence-electron chi connectivity index (χ1n) is 16.3. The van der Waals surface area contributed by atoms with Gasteiger partial charge in [-0.15, -0.1) is 0 Å². The van der Waals surface area contributed by atoms with Crippen molar-refractivity contribution in [3.05, 3.63) is 0 Å². The molecule has 0 aliphatic carbocycles. The first-order valence-corrected chi connectivity index (χ1v) is 16.3. The predicted molar refractivity (Wildman–Crippen MR) is 176 cm³/mol. The zero-order chi connectivity index (χ0) is 33.0. The zero-order valence-electron chi connectivity index (χ0n) is 26.9. The van der Waals surface area contributed by atoms with Gasteiger partial charge in [0, 0.05) is 32.5 Å². The summed E-state index contributed by atoms with van der Waals surface area (Å²) in [7, 11) is 0. The number of hydrogen-bond donors (Lipinski definition) is 8. The molecule has 254 valence electrons. The van der Waals surface area contributed by atoms with Crippen molar-refractivity contribution in [3.63, 3.8) is 0 Å². The van der Waals surface area contributed by atoms with Gasteiger partial charge < -0.3 is 44.6 Å². The summed E-state index contributed by atoms with van der Waals surface area (Å²) in [5, 5.41) is 8.18. The second-order valence-electron chi connectivity index (χ2n) is 11.2. The smallest absolute Gasteiger partial charge is 0.243 e. The lowest BCUT2D eigenvalue weighted by molar-refractivity contribution is -0.131. The van der Waals surface area contributed by atoms with Crippen LogP contribution in [0.1, 0.15) is 122 Å². The molecule has 0 fully saturated rings. The Morgan fingerprint density at radius 3 is 1.55 bits per heavy atom. The van der Waals surface area contributed by atoms with E-state index < -0.39 is 23.9 Å². The van der Waals surface area contributed by atoms with Gasteiger partial charge in [-0.25, -0.2) is 0 Å². The number of amides is 4. The van der Waals surface area contributed by atoms with Crippen LogP contribution in [0, 0.1) is 0 Å². The fourth-order valence-electron chi connectivity index (χ4n) is 4.62. The molecule has 0 spiro atoms. The Kier molecular flexibility index (Phi) is 24.8. The number of unbranched alkanes of at least 4 members (excludes halogenated alkanes) is 10. The Hall–Kier alpha value is -3.58. The van der Waals surface area contributed by atoms with Gasteiger partial charge in [-0.1, -0.05) is 71.1 Å². The lowest BCUT2D eigenvalue weighted by Gasteiger charge is -2.22. The molecule has 0 unspecified atom stereocenters. The second kappa shape index (κ2) is 27.0. The van der Waals surface area contributed by atoms with E-state index in [1.54, 1.807) is 0 Å². The van der Waals surface area contributed by atoms with E-state index in [9.17, 15) is 19.2 Å². The van der Waals surface area contributed by atoms with Crippen molar-refractivity contribution in [2.45, 2.75) is 135 Å². The zero-order valence-corrected chi connectivity index (χ0v) is 26.9. The van der Waals surface area contributed by atoms with E-state index in [-0.39, 0.29) is 56.1 Å². The first-order chi connectivity index (χ1) is 21.1. The van der Waals surface area contributed by atoms with Gasteiger partial charge in [-0.3, -0.25) is 29.2 Å². The van der Waals surface area contributed by atoms with Crippen LogP contribution in [0.15, 0.2) is 9.98 Å². The molecule has 2 atom stereocenters. The number of rotatable bonds is 28. The monoisotopic (exact) mass is 624 g/mol. The highest BCUT2D eigenvalue weighted by Gasteiger charge is 2.25. The SMILES string of the molecule is CCCCCCCCCCCCCC(=O)NCCCC(=O)N[C@@H](CCCN=C(N)N)C(=O)N[C@@H](CCCN=C(N)N)C(N)=O. The van der Waals surface area contributed by atoms with E-state index in [0.717, 1.165) is 19.3 Å². The summed E-state index contributed by atoms with van der Waals surface area (Å²) in [5.41, 5.74) is 26.8. The lowest BCUT2D eigenvalue weighted by Crippen LogP contribution is -2.53. The number of nitrogens with one attached hydrogen (secondary N) is 3. The van der Waals surface area contributed by atoms with E-state index in [0.29, 0.717) is 32.2 Å². The first kappa shape index (κ1) is 40.4. The number of primary amides is 1. The molecule has 14 heteroatoms. The van der Waals surface area contributed by atoms with Gasteiger partial charge in [0.25, 0.3) is 0 Å². The molecular formula is C30H60N10O4. The minimum atomic E-state index is -0.954. The van der Waals surface area contributed by atoms with Crippen molar-refractivity contribution in [1.82, 2.24) is 16.0 Å². The summed E-state index contributed by atoms with van der Waals surface area (Å²) >= 11 is 0. The molecule has 0 aliphatic heterocycles. The van der Waals surface area contributed by atoms with Crippen molar-refractivity contribution in [2.24, 2.45) is 38.7 Å². The maximum absolute atomic E-state index is 13.0. The van der Waals surface area contributed by atoms with E-state index in [1.165, 1.54) is 51.4 Å². The predicted octanol–water partition coefficient (Wildman–Crippen LogP) is 1.15. The summed E-state index contributed by atoms with van der Waals surface area (Å²) in [6, 6.07) is -1.88. The number of aliphatic imine (C=N–C) groups is 2. The minimum Gasteiger partial charge on any atom is -0.370 e. The van der Waals surface area contributed by atoms with Crippen LogP contribution in [0.4, 0.5) is 0 Å². The molecular weight excluding hydrogens is 564 g/mol. The van der Waals surface area contributed by atoms with Gasteiger partial charge in [0.1, 0.15) is 12.1 Å². The van der Waals surface area contributed by atoms with Crippen LogP contribution in [0.2, 0.25) is 0 Å². The Labute approximate surface area is 263 Å². The summed E-state index contributed by atoms with van der Waals surface area (Å²) < 4.78 is 0. The van der Waals surface area contributed by atoms with Gasteiger partial charge in [-0.05, 0) is 38.5 Å². The van der Waals surface area contributed by atoms with Crippen LogP contribution in [0.25, 0.3) is 0 Å². The highest BCUT2D eigenvalue weighted by molar-refractivity contribution is 5.91. The van der Waals surface area contributed by atoms with Crippen molar-refractivity contribution in [3.8, 4) is 0 Å². The van der Waals surface area contributed by atoms with Gasteiger partial charge in [0.05, 0.1) is 0 Å². The second-order valence-corrected chi connectivity index (χ2v) is 11.2. The highest BCUT2D eigenvalue weighted by Crippen LogP contribution is 2.12. The Bertz CT molecular complexity index is 874. The van der Waals surface area contributed by atoms with Gasteiger partial charge in [0.2, 0.25) is 23.6 Å². The largest absolute Gasteiger partial charge is 0.370 e. The maximum Gasteiger partial charge on any atom is 0.243 e.